The fraction of sp³-hybridized carbons (Fsp3) is 0.600. The van der Waals surface area contributed by atoms with Crippen LogP contribution in [0, 0.1) is 5.92 Å². The van der Waals surface area contributed by atoms with E-state index in [4.69, 9.17) is 4.74 Å². The zero-order valence-corrected chi connectivity index (χ0v) is 14.6. The van der Waals surface area contributed by atoms with E-state index in [-0.39, 0.29) is 18.4 Å². The van der Waals surface area contributed by atoms with Gasteiger partial charge in [-0.3, -0.25) is 9.59 Å². The molecule has 1 aromatic rings. The number of hydrogen-bond donors (Lipinski definition) is 1. The Morgan fingerprint density at radius 1 is 1.16 bits per heavy atom. The fourth-order valence-corrected chi connectivity index (χ4v) is 4.61. The SMILES string of the molecule is O=C1CCc2cc(OCC(=O)N3CCC[C@@H]3C3CCCC3)ccc2N1. The summed E-state index contributed by atoms with van der Waals surface area (Å²) < 4.78 is 5.78. The Morgan fingerprint density at radius 2 is 2.00 bits per heavy atom. The maximum absolute atomic E-state index is 12.7. The molecule has 0 spiro atoms. The molecule has 0 bridgehead atoms. The molecule has 2 aliphatic heterocycles. The molecule has 2 fully saturated rings. The van der Waals surface area contributed by atoms with Crippen molar-refractivity contribution in [3.8, 4) is 5.75 Å². The van der Waals surface area contributed by atoms with Crippen molar-refractivity contribution in [2.24, 2.45) is 5.92 Å². The summed E-state index contributed by atoms with van der Waals surface area (Å²) in [5.74, 6) is 1.57. The van der Waals surface area contributed by atoms with E-state index in [0.29, 0.717) is 24.1 Å². The number of carbonyl (C=O) groups is 2. The molecule has 3 aliphatic rings. The summed E-state index contributed by atoms with van der Waals surface area (Å²) in [5.41, 5.74) is 1.94. The van der Waals surface area contributed by atoms with Crippen LogP contribution in [0.3, 0.4) is 0 Å². The number of fused-ring (bicyclic) bond motifs is 1. The van der Waals surface area contributed by atoms with E-state index in [1.165, 1.54) is 25.7 Å². The van der Waals surface area contributed by atoms with Gasteiger partial charge in [-0.05, 0) is 61.8 Å². The molecule has 134 valence electrons. The van der Waals surface area contributed by atoms with Crippen LogP contribution in [0.1, 0.15) is 50.5 Å². The van der Waals surface area contributed by atoms with Crippen molar-refractivity contribution >= 4 is 17.5 Å². The van der Waals surface area contributed by atoms with Crippen molar-refractivity contribution < 1.29 is 14.3 Å². The zero-order chi connectivity index (χ0) is 17.2. The van der Waals surface area contributed by atoms with Gasteiger partial charge in [-0.1, -0.05) is 12.8 Å². The highest BCUT2D eigenvalue weighted by Gasteiger charge is 2.35. The number of rotatable bonds is 4. The molecule has 25 heavy (non-hydrogen) atoms. The molecule has 1 N–H and O–H groups in total. The van der Waals surface area contributed by atoms with E-state index in [2.05, 4.69) is 10.2 Å². The fourth-order valence-electron chi connectivity index (χ4n) is 4.61. The summed E-state index contributed by atoms with van der Waals surface area (Å²) in [6.45, 7) is 0.980. The van der Waals surface area contributed by atoms with Gasteiger partial charge in [0.25, 0.3) is 5.91 Å². The van der Waals surface area contributed by atoms with Gasteiger partial charge in [-0.25, -0.2) is 0 Å². The number of amides is 2. The van der Waals surface area contributed by atoms with Gasteiger partial charge in [0.1, 0.15) is 5.75 Å². The Balaban J connectivity index is 1.36. The van der Waals surface area contributed by atoms with Crippen LogP contribution in [-0.2, 0) is 16.0 Å². The summed E-state index contributed by atoms with van der Waals surface area (Å²) in [7, 11) is 0. The molecule has 1 aliphatic carbocycles. The van der Waals surface area contributed by atoms with Crippen LogP contribution in [0.4, 0.5) is 5.69 Å². The van der Waals surface area contributed by atoms with E-state index in [9.17, 15) is 9.59 Å². The molecule has 1 atom stereocenters. The lowest BCUT2D eigenvalue weighted by Gasteiger charge is -2.29. The number of ether oxygens (including phenoxy) is 1. The van der Waals surface area contributed by atoms with Gasteiger partial charge in [0.2, 0.25) is 5.91 Å². The van der Waals surface area contributed by atoms with Crippen molar-refractivity contribution in [3.63, 3.8) is 0 Å². The Labute approximate surface area is 148 Å². The van der Waals surface area contributed by atoms with Crippen molar-refractivity contribution in [3.05, 3.63) is 23.8 Å². The second kappa shape index (κ2) is 7.06. The maximum Gasteiger partial charge on any atom is 0.260 e. The van der Waals surface area contributed by atoms with Crippen LogP contribution in [0.5, 0.6) is 5.75 Å². The first-order chi connectivity index (χ1) is 12.2. The average molecular weight is 342 g/mol. The predicted molar refractivity (Wildman–Crippen MR) is 95.6 cm³/mol. The monoisotopic (exact) mass is 342 g/mol. The molecule has 2 amide bonds. The minimum Gasteiger partial charge on any atom is -0.484 e. The summed E-state index contributed by atoms with van der Waals surface area (Å²) in [6, 6.07) is 6.07. The molecule has 5 heteroatoms. The van der Waals surface area contributed by atoms with Crippen molar-refractivity contribution in [1.82, 2.24) is 4.90 Å². The molecule has 1 saturated carbocycles. The minimum atomic E-state index is 0.0586. The number of nitrogens with zero attached hydrogens (tertiary/aromatic N) is 1. The smallest absolute Gasteiger partial charge is 0.260 e. The standard InChI is InChI=1S/C20H26N2O3/c23-19-10-7-15-12-16(8-9-17(15)21-19)25-13-20(24)22-11-3-6-18(22)14-4-1-2-5-14/h8-9,12,14,18H,1-7,10-11,13H2,(H,21,23)/t18-/m1/s1. The van der Waals surface area contributed by atoms with E-state index in [0.717, 1.165) is 37.1 Å². The first kappa shape index (κ1) is 16.4. The number of nitrogens with one attached hydrogen (secondary N) is 1. The van der Waals surface area contributed by atoms with Gasteiger partial charge in [-0.15, -0.1) is 0 Å². The van der Waals surface area contributed by atoms with Gasteiger partial charge in [0.05, 0.1) is 0 Å². The van der Waals surface area contributed by atoms with Crippen LogP contribution < -0.4 is 10.1 Å². The molecule has 0 unspecified atom stereocenters. The average Bonchev–Trinajstić information content (AvgIpc) is 3.30. The van der Waals surface area contributed by atoms with Gasteiger partial charge in [-0.2, -0.15) is 0 Å². The van der Waals surface area contributed by atoms with Crippen LogP contribution >= 0.6 is 0 Å². The Hall–Kier alpha value is -2.04. The quantitative estimate of drug-likeness (QED) is 0.914. The number of aryl methyl sites for hydroxylation is 1. The summed E-state index contributed by atoms with van der Waals surface area (Å²) in [4.78, 5) is 26.1. The third kappa shape index (κ3) is 3.51. The molecule has 0 aromatic heterocycles. The number of hydrogen-bond acceptors (Lipinski definition) is 3. The molecule has 5 nitrogen and oxygen atoms in total. The van der Waals surface area contributed by atoms with E-state index < -0.39 is 0 Å². The molecule has 2 heterocycles. The summed E-state index contributed by atoms with van der Waals surface area (Å²) in [5, 5.41) is 2.86. The summed E-state index contributed by atoms with van der Waals surface area (Å²) >= 11 is 0. The Kier molecular flexibility index (Phi) is 4.64. The van der Waals surface area contributed by atoms with Gasteiger partial charge in [0.15, 0.2) is 6.61 Å². The maximum atomic E-state index is 12.7. The zero-order valence-electron chi connectivity index (χ0n) is 14.6. The lowest BCUT2D eigenvalue weighted by molar-refractivity contribution is -0.135. The first-order valence-corrected chi connectivity index (χ1v) is 9.56. The van der Waals surface area contributed by atoms with E-state index in [1.54, 1.807) is 0 Å². The largest absolute Gasteiger partial charge is 0.484 e. The van der Waals surface area contributed by atoms with Crippen molar-refractivity contribution in [2.75, 3.05) is 18.5 Å². The third-order valence-electron chi connectivity index (χ3n) is 5.90. The van der Waals surface area contributed by atoms with Crippen molar-refractivity contribution in [2.45, 2.75) is 57.4 Å². The van der Waals surface area contributed by atoms with E-state index >= 15 is 0 Å². The number of carbonyl (C=O) groups excluding carboxylic acids is 2. The van der Waals surface area contributed by atoms with Crippen LogP contribution in [-0.4, -0.2) is 35.9 Å². The number of anilines is 1. The molecular weight excluding hydrogens is 316 g/mol. The third-order valence-corrected chi connectivity index (χ3v) is 5.90. The summed E-state index contributed by atoms with van der Waals surface area (Å²) in [6.07, 6.45) is 8.66. The van der Waals surface area contributed by atoms with Crippen molar-refractivity contribution in [1.29, 1.82) is 0 Å². The van der Waals surface area contributed by atoms with Crippen LogP contribution in [0.25, 0.3) is 0 Å². The van der Waals surface area contributed by atoms with Gasteiger partial charge < -0.3 is 15.0 Å². The molecule has 4 rings (SSSR count). The highest BCUT2D eigenvalue weighted by molar-refractivity contribution is 5.94. The van der Waals surface area contributed by atoms with Crippen LogP contribution in [0.2, 0.25) is 0 Å². The Morgan fingerprint density at radius 3 is 2.84 bits per heavy atom. The predicted octanol–water partition coefficient (Wildman–Crippen LogP) is 3.13. The lowest BCUT2D eigenvalue weighted by Crippen LogP contribution is -2.41. The van der Waals surface area contributed by atoms with Gasteiger partial charge >= 0.3 is 0 Å². The molecule has 1 saturated heterocycles. The lowest BCUT2D eigenvalue weighted by atomic mass is 9.96. The van der Waals surface area contributed by atoms with Crippen LogP contribution in [0.15, 0.2) is 18.2 Å². The Bertz CT molecular complexity index is 667. The normalized spacial score (nSPS) is 23.4. The first-order valence-electron chi connectivity index (χ1n) is 9.56. The topological polar surface area (TPSA) is 58.6 Å². The van der Waals surface area contributed by atoms with Gasteiger partial charge in [0, 0.05) is 24.7 Å². The number of likely N-dealkylation sites (tertiary alicyclic amines) is 1. The highest BCUT2D eigenvalue weighted by Crippen LogP contribution is 2.35. The molecule has 0 radical (unpaired) electrons. The number of benzene rings is 1. The molecular formula is C20H26N2O3. The highest BCUT2D eigenvalue weighted by atomic mass is 16.5. The second-order valence-electron chi connectivity index (χ2n) is 7.50. The van der Waals surface area contributed by atoms with E-state index in [1.807, 2.05) is 18.2 Å². The second-order valence-corrected chi connectivity index (χ2v) is 7.50. The minimum absolute atomic E-state index is 0.0586. The molecule has 1 aromatic carbocycles.